The normalized spacial score (nSPS) is 30.2. The highest BCUT2D eigenvalue weighted by atomic mass is 32.2. The zero-order chi connectivity index (χ0) is 37.1. The van der Waals surface area contributed by atoms with Gasteiger partial charge in [-0.1, -0.05) is 63.9 Å². The zero-order valence-electron chi connectivity index (χ0n) is 30.7. The molecular weight excluding hydrogens is 685 g/mol. The smallest absolute Gasteiger partial charge is 0.407 e. The Kier molecular flexibility index (Phi) is 9.59. The first-order chi connectivity index (χ1) is 24.7. The van der Waals surface area contributed by atoms with Crippen LogP contribution in [0.2, 0.25) is 0 Å². The second kappa shape index (κ2) is 13.6. The number of fused-ring (bicyclic) bond motifs is 5. The molecule has 4 fully saturated rings. The molecule has 2 heterocycles. The van der Waals surface area contributed by atoms with Crippen molar-refractivity contribution in [2.45, 2.75) is 120 Å². The summed E-state index contributed by atoms with van der Waals surface area (Å²) in [5.41, 5.74) is -1.24. The van der Waals surface area contributed by atoms with Crippen LogP contribution in [0.5, 0.6) is 0 Å². The van der Waals surface area contributed by atoms with E-state index in [9.17, 15) is 27.6 Å². The molecule has 5 atom stereocenters. The number of hydrogen-bond donors (Lipinski definition) is 3. The molecule has 3 N–H and O–H groups in total. The quantitative estimate of drug-likeness (QED) is 0.377. The molecule has 2 aromatic carbocycles. The Morgan fingerprint density at radius 1 is 0.962 bits per heavy atom. The summed E-state index contributed by atoms with van der Waals surface area (Å²) in [6.45, 7) is 5.75. The molecule has 5 aliphatic rings. The van der Waals surface area contributed by atoms with E-state index in [2.05, 4.69) is 39.6 Å². The molecule has 0 unspecified atom stereocenters. The fourth-order valence-electron chi connectivity index (χ4n) is 8.27. The number of ether oxygens (including phenoxy) is 2. The first-order valence-corrected chi connectivity index (χ1v) is 20.4. The predicted octanol–water partition coefficient (Wildman–Crippen LogP) is 4.43. The summed E-state index contributed by atoms with van der Waals surface area (Å²) in [5, 5.41) is 7.28. The number of rotatable bonds is 7. The summed E-state index contributed by atoms with van der Waals surface area (Å²) in [4.78, 5) is 57.7. The van der Waals surface area contributed by atoms with Crippen molar-refractivity contribution in [2.75, 3.05) is 20.3 Å². The van der Waals surface area contributed by atoms with Crippen molar-refractivity contribution in [1.29, 1.82) is 0 Å². The van der Waals surface area contributed by atoms with Crippen LogP contribution < -0.4 is 15.4 Å². The van der Waals surface area contributed by atoms with Gasteiger partial charge in [0.2, 0.25) is 21.8 Å². The van der Waals surface area contributed by atoms with Gasteiger partial charge in [-0.05, 0) is 96.6 Å². The number of carbonyl (C=O) groups excluding carboxylic acids is 4. The van der Waals surface area contributed by atoms with Crippen molar-refractivity contribution in [2.24, 2.45) is 17.3 Å². The zero-order valence-corrected chi connectivity index (χ0v) is 31.5. The molecule has 5 bridgehead atoms. The maximum atomic E-state index is 14.7. The van der Waals surface area contributed by atoms with Gasteiger partial charge in [0.1, 0.15) is 23.2 Å². The van der Waals surface area contributed by atoms with Crippen molar-refractivity contribution in [1.82, 2.24) is 20.3 Å². The molecule has 0 radical (unpaired) electrons. The molecule has 3 saturated carbocycles. The largest absolute Gasteiger partial charge is 0.450 e. The topological polar surface area (TPSA) is 160 Å². The van der Waals surface area contributed by atoms with Crippen LogP contribution in [0.3, 0.4) is 0 Å². The van der Waals surface area contributed by atoms with Gasteiger partial charge in [-0.3, -0.25) is 19.1 Å². The molecule has 2 aromatic rings. The van der Waals surface area contributed by atoms with Crippen LogP contribution in [-0.2, 0) is 45.9 Å². The van der Waals surface area contributed by atoms with Crippen molar-refractivity contribution in [3.63, 3.8) is 0 Å². The van der Waals surface area contributed by atoms with Crippen LogP contribution in [0.1, 0.15) is 96.1 Å². The van der Waals surface area contributed by atoms with E-state index in [1.165, 1.54) is 10.5 Å². The number of benzene rings is 2. The molecule has 0 aromatic heterocycles. The summed E-state index contributed by atoms with van der Waals surface area (Å²) in [7, 11) is -2.28. The first-order valence-electron chi connectivity index (χ1n) is 18.9. The number of nitrogens with zero attached hydrogens (tertiary/aromatic N) is 1. The van der Waals surface area contributed by atoms with Gasteiger partial charge in [-0.15, -0.1) is 0 Å². The highest BCUT2D eigenvalue weighted by molar-refractivity contribution is 7.91. The van der Waals surface area contributed by atoms with E-state index in [4.69, 9.17) is 9.47 Å². The third kappa shape index (κ3) is 7.27. The molecule has 0 spiro atoms. The maximum absolute atomic E-state index is 14.7. The average molecular weight is 737 g/mol. The lowest BCUT2D eigenvalue weighted by molar-refractivity contribution is -0.143. The van der Waals surface area contributed by atoms with E-state index in [-0.39, 0.29) is 31.4 Å². The van der Waals surface area contributed by atoms with E-state index < -0.39 is 67.7 Å². The second-order valence-electron chi connectivity index (χ2n) is 16.8. The molecule has 282 valence electrons. The number of sulfonamides is 1. The fraction of sp³-hybridized carbons (Fsp3) is 0.641. The van der Waals surface area contributed by atoms with E-state index in [0.29, 0.717) is 25.7 Å². The van der Waals surface area contributed by atoms with Crippen molar-refractivity contribution in [3.05, 3.63) is 47.5 Å². The van der Waals surface area contributed by atoms with E-state index in [0.717, 1.165) is 54.9 Å². The lowest BCUT2D eigenvalue weighted by Gasteiger charge is -2.36. The van der Waals surface area contributed by atoms with E-state index in [1.807, 2.05) is 32.9 Å². The average Bonchev–Trinajstić information content (AvgIpc) is 3.96. The minimum Gasteiger partial charge on any atom is -0.450 e. The van der Waals surface area contributed by atoms with Gasteiger partial charge >= 0.3 is 6.09 Å². The number of methoxy groups -OCH3 is 1. The summed E-state index contributed by atoms with van der Waals surface area (Å²) < 4.78 is 39.8. The highest BCUT2D eigenvalue weighted by Gasteiger charge is 2.67. The third-order valence-corrected chi connectivity index (χ3v) is 13.7. The molecule has 3 aliphatic carbocycles. The Morgan fingerprint density at radius 3 is 2.38 bits per heavy atom. The van der Waals surface area contributed by atoms with Gasteiger partial charge in [0.05, 0.1) is 18.4 Å². The van der Waals surface area contributed by atoms with Crippen LogP contribution >= 0.6 is 0 Å². The standard InChI is InChI=1S/C39H52N4O8S/c1-37(2,3)32-34(45)43-23-38(50-4,28-15-14-25-11-10-24(19-27(25)20-28)9-7-5-6-8-18-51-36(47)40-32)22-31(43)33(44)41-39(21-30(39)26-12-13-26)35(46)42-52(48,49)29-16-17-29/h10-11,14-15,19-20,26,29-32H,5-9,12-13,16-18,21-23H2,1-4H3,(H,40,47)(H,41,44)(H,42,46)/t30-,31-,32+,38-,39+/m0/s1. The van der Waals surface area contributed by atoms with Crippen LogP contribution in [0, 0.1) is 17.3 Å². The van der Waals surface area contributed by atoms with Gasteiger partial charge < -0.3 is 25.0 Å². The molecule has 4 amide bonds. The molecule has 1 saturated heterocycles. The summed E-state index contributed by atoms with van der Waals surface area (Å²) in [6.07, 6.45) is 7.03. The monoisotopic (exact) mass is 736 g/mol. The minimum atomic E-state index is -3.85. The first kappa shape index (κ1) is 36.6. The lowest BCUT2D eigenvalue weighted by atomic mass is 9.85. The second-order valence-corrected chi connectivity index (χ2v) is 18.8. The molecule has 7 rings (SSSR count). The van der Waals surface area contributed by atoms with E-state index in [1.54, 1.807) is 7.11 Å². The Bertz CT molecular complexity index is 1870. The van der Waals surface area contributed by atoms with Crippen LogP contribution in [0.15, 0.2) is 36.4 Å². The van der Waals surface area contributed by atoms with Crippen LogP contribution in [-0.4, -0.2) is 80.3 Å². The third-order valence-electron chi connectivity index (χ3n) is 11.9. The van der Waals surface area contributed by atoms with E-state index >= 15 is 0 Å². The van der Waals surface area contributed by atoms with Gasteiger partial charge in [-0.25, -0.2) is 13.2 Å². The Morgan fingerprint density at radius 2 is 1.69 bits per heavy atom. The Balaban J connectivity index is 1.26. The number of amides is 4. The maximum Gasteiger partial charge on any atom is 0.407 e. The summed E-state index contributed by atoms with van der Waals surface area (Å²) in [5.74, 6) is -1.72. The molecule has 52 heavy (non-hydrogen) atoms. The fourth-order valence-corrected chi connectivity index (χ4v) is 9.64. The van der Waals surface area contributed by atoms with Gasteiger partial charge in [-0.2, -0.15) is 0 Å². The van der Waals surface area contributed by atoms with Gasteiger partial charge in [0, 0.05) is 13.5 Å². The number of aryl methyl sites for hydroxylation is 1. The number of hydrogen-bond acceptors (Lipinski definition) is 8. The molecule has 2 aliphatic heterocycles. The van der Waals surface area contributed by atoms with Crippen molar-refractivity contribution < 1.29 is 37.1 Å². The van der Waals surface area contributed by atoms with Crippen LogP contribution in [0.4, 0.5) is 4.79 Å². The Labute approximate surface area is 306 Å². The number of carbonyl (C=O) groups is 4. The lowest BCUT2D eigenvalue weighted by Crippen LogP contribution is -2.60. The van der Waals surface area contributed by atoms with Crippen molar-refractivity contribution in [3.8, 4) is 0 Å². The van der Waals surface area contributed by atoms with Crippen molar-refractivity contribution >= 4 is 44.6 Å². The predicted molar refractivity (Wildman–Crippen MR) is 194 cm³/mol. The Hall–Kier alpha value is -3.71. The molecule has 12 nitrogen and oxygen atoms in total. The number of nitrogens with one attached hydrogen (secondary N) is 3. The number of alkyl carbamates (subject to hydrolysis) is 1. The van der Waals surface area contributed by atoms with Gasteiger partial charge in [0.15, 0.2) is 0 Å². The SMILES string of the molecule is CO[C@@]12C[C@@H](C(=O)N[C@]3(C(=O)NS(=O)(=O)C4CC4)C[C@H]3C3CC3)N(C1)C(=O)[C@H](C(C)(C)C)NC(=O)OCCCCCCc1ccc3ccc2cc3c1. The molecular formula is C39H52N4O8S. The summed E-state index contributed by atoms with van der Waals surface area (Å²) >= 11 is 0. The number of cyclic esters (lactones) is 1. The van der Waals surface area contributed by atoms with Crippen LogP contribution in [0.25, 0.3) is 10.8 Å². The highest BCUT2D eigenvalue weighted by Crippen LogP contribution is 2.57. The minimum absolute atomic E-state index is 0.0102. The molecule has 13 heteroatoms. The van der Waals surface area contributed by atoms with Gasteiger partial charge in [0.25, 0.3) is 5.91 Å². The summed E-state index contributed by atoms with van der Waals surface area (Å²) in [6, 6.07) is 10.4.